The van der Waals surface area contributed by atoms with Gasteiger partial charge in [0.05, 0.1) is 7.11 Å². The zero-order valence-electron chi connectivity index (χ0n) is 18.8. The third kappa shape index (κ3) is 3.87. The van der Waals surface area contributed by atoms with Crippen LogP contribution in [0.25, 0.3) is 0 Å². The summed E-state index contributed by atoms with van der Waals surface area (Å²) in [6.07, 6.45) is 3.28. The summed E-state index contributed by atoms with van der Waals surface area (Å²) in [6, 6.07) is 8.28. The molecular weight excluding hydrogens is 410 g/mol. The summed E-state index contributed by atoms with van der Waals surface area (Å²) in [6.45, 7) is 3.01. The van der Waals surface area contributed by atoms with Gasteiger partial charge in [-0.05, 0) is 31.2 Å². The van der Waals surface area contributed by atoms with Crippen LogP contribution < -0.4 is 0 Å². The van der Waals surface area contributed by atoms with E-state index in [0.29, 0.717) is 51.7 Å². The molecule has 2 atom stereocenters. The number of nitrogens with zero attached hydrogens (tertiary/aromatic N) is 3. The van der Waals surface area contributed by atoms with Gasteiger partial charge in [-0.1, -0.05) is 37.3 Å². The van der Waals surface area contributed by atoms with Crippen molar-refractivity contribution in [2.75, 3.05) is 26.7 Å². The van der Waals surface area contributed by atoms with E-state index in [1.54, 1.807) is 21.6 Å². The second-order valence-corrected chi connectivity index (χ2v) is 8.85. The fourth-order valence-electron chi connectivity index (χ4n) is 5.13. The normalized spacial score (nSPS) is 22.8. The number of esters is 1. The highest BCUT2D eigenvalue weighted by Crippen LogP contribution is 2.46. The number of ether oxygens (including phenoxy) is 1. The molecule has 1 saturated carbocycles. The Labute approximate surface area is 188 Å². The van der Waals surface area contributed by atoms with Gasteiger partial charge < -0.3 is 19.4 Å². The van der Waals surface area contributed by atoms with Gasteiger partial charge in [-0.25, -0.2) is 4.79 Å². The number of hydrogen-bond acceptors (Lipinski definition) is 5. The van der Waals surface area contributed by atoms with E-state index in [4.69, 9.17) is 4.74 Å². The quantitative estimate of drug-likeness (QED) is 0.623. The Bertz CT molecular complexity index is 898. The van der Waals surface area contributed by atoms with Gasteiger partial charge >= 0.3 is 5.97 Å². The van der Waals surface area contributed by atoms with Crippen molar-refractivity contribution >= 4 is 23.7 Å². The van der Waals surface area contributed by atoms with Gasteiger partial charge in [-0.15, -0.1) is 0 Å². The van der Waals surface area contributed by atoms with Crippen molar-refractivity contribution in [2.45, 2.75) is 63.1 Å². The second kappa shape index (κ2) is 8.92. The summed E-state index contributed by atoms with van der Waals surface area (Å²) in [7, 11) is 1.33. The van der Waals surface area contributed by atoms with E-state index in [9.17, 15) is 19.2 Å². The maximum atomic E-state index is 13.8. The lowest BCUT2D eigenvalue weighted by Crippen LogP contribution is -2.65. The summed E-state index contributed by atoms with van der Waals surface area (Å²) in [5.74, 6) is -0.806. The maximum absolute atomic E-state index is 13.8. The van der Waals surface area contributed by atoms with Crippen LogP contribution in [0, 0.1) is 0 Å². The van der Waals surface area contributed by atoms with Crippen LogP contribution in [-0.2, 0) is 30.3 Å². The summed E-state index contributed by atoms with van der Waals surface area (Å²) >= 11 is 0. The van der Waals surface area contributed by atoms with Crippen molar-refractivity contribution in [3.05, 3.63) is 35.9 Å². The Morgan fingerprint density at radius 3 is 2.47 bits per heavy atom. The van der Waals surface area contributed by atoms with Gasteiger partial charge in [0.1, 0.15) is 17.6 Å². The molecule has 2 saturated heterocycles. The molecule has 2 heterocycles. The molecule has 1 aromatic carbocycles. The molecule has 2 aliphatic heterocycles. The Kier molecular flexibility index (Phi) is 6.22. The first kappa shape index (κ1) is 22.3. The minimum Gasteiger partial charge on any atom is -0.467 e. The third-order valence-electron chi connectivity index (χ3n) is 7.01. The average molecular weight is 442 g/mol. The Hall–Kier alpha value is -2.90. The molecule has 8 nitrogen and oxygen atoms in total. The highest BCUT2D eigenvalue weighted by molar-refractivity contribution is 5.98. The number of carbonyl (C=O) groups is 4. The number of likely N-dealkylation sites (tertiary alicyclic amines) is 1. The lowest BCUT2D eigenvalue weighted by Gasteiger charge is -2.45. The molecule has 0 aromatic heterocycles. The molecule has 32 heavy (non-hydrogen) atoms. The first-order valence-corrected chi connectivity index (χ1v) is 11.5. The molecule has 0 unspecified atom stereocenters. The number of piperazine rings is 1. The number of carbonyl (C=O) groups excluding carboxylic acids is 4. The second-order valence-electron chi connectivity index (χ2n) is 8.85. The maximum Gasteiger partial charge on any atom is 0.328 e. The minimum atomic E-state index is -0.798. The smallest absolute Gasteiger partial charge is 0.328 e. The van der Waals surface area contributed by atoms with Crippen molar-refractivity contribution < 1.29 is 23.9 Å². The lowest BCUT2D eigenvalue weighted by atomic mass is 9.99. The molecule has 3 amide bonds. The number of rotatable bonds is 6. The third-order valence-corrected chi connectivity index (χ3v) is 7.01. The van der Waals surface area contributed by atoms with Crippen molar-refractivity contribution in [2.24, 2.45) is 0 Å². The number of methoxy groups -OCH3 is 1. The first-order chi connectivity index (χ1) is 15.4. The van der Waals surface area contributed by atoms with E-state index >= 15 is 0 Å². The van der Waals surface area contributed by atoms with Crippen LogP contribution in [0.15, 0.2) is 30.3 Å². The van der Waals surface area contributed by atoms with Crippen LogP contribution in [0.2, 0.25) is 0 Å². The molecule has 172 valence electrons. The molecule has 1 aromatic rings. The fourth-order valence-corrected chi connectivity index (χ4v) is 5.13. The predicted octanol–water partition coefficient (Wildman–Crippen LogP) is 1.38. The van der Waals surface area contributed by atoms with Crippen LogP contribution in [0.5, 0.6) is 0 Å². The van der Waals surface area contributed by atoms with Gasteiger partial charge in [0, 0.05) is 32.5 Å². The van der Waals surface area contributed by atoms with Crippen molar-refractivity contribution in [3.63, 3.8) is 0 Å². The van der Waals surface area contributed by atoms with E-state index in [1.165, 1.54) is 7.11 Å². The zero-order chi connectivity index (χ0) is 22.9. The molecule has 0 bridgehead atoms. The van der Waals surface area contributed by atoms with Crippen LogP contribution in [-0.4, -0.2) is 82.8 Å². The van der Waals surface area contributed by atoms with E-state index in [2.05, 4.69) is 0 Å². The van der Waals surface area contributed by atoms with E-state index < -0.39 is 23.6 Å². The highest BCUT2D eigenvalue weighted by Gasteiger charge is 2.61. The zero-order valence-corrected chi connectivity index (χ0v) is 18.8. The van der Waals surface area contributed by atoms with E-state index in [-0.39, 0.29) is 17.7 Å². The topological polar surface area (TPSA) is 87.2 Å². The number of amides is 3. The predicted molar refractivity (Wildman–Crippen MR) is 116 cm³/mol. The van der Waals surface area contributed by atoms with Gasteiger partial charge in [-0.3, -0.25) is 14.4 Å². The average Bonchev–Trinajstić information content (AvgIpc) is 3.45. The monoisotopic (exact) mass is 441 g/mol. The molecule has 1 spiro atoms. The largest absolute Gasteiger partial charge is 0.467 e. The van der Waals surface area contributed by atoms with Gasteiger partial charge in [-0.2, -0.15) is 0 Å². The highest BCUT2D eigenvalue weighted by atomic mass is 16.5. The van der Waals surface area contributed by atoms with Crippen LogP contribution in [0.3, 0.4) is 0 Å². The van der Waals surface area contributed by atoms with Crippen LogP contribution in [0.1, 0.15) is 44.6 Å². The SMILES string of the molecule is CCC(=O)N1CCN([C@@H](Cc2ccccc2)C(=O)N2CCC[C@H]2C(=O)OC)C(=O)C12CC2. The number of hydrogen-bond donors (Lipinski definition) is 0. The van der Waals surface area contributed by atoms with Gasteiger partial charge in [0.2, 0.25) is 17.7 Å². The Morgan fingerprint density at radius 2 is 1.84 bits per heavy atom. The summed E-state index contributed by atoms with van der Waals surface area (Å²) in [4.78, 5) is 57.1. The molecule has 4 rings (SSSR count). The molecule has 8 heteroatoms. The Balaban J connectivity index is 1.63. The first-order valence-electron chi connectivity index (χ1n) is 11.5. The standard InChI is InChI=1S/C24H31N3O5/c1-3-20(28)27-15-14-26(23(31)24(27)11-12-24)19(16-17-8-5-4-6-9-17)21(29)25-13-7-10-18(25)22(30)32-2/h4-6,8-9,18-19H,3,7,10-16H2,1-2H3/t18-,19-/m0/s1. The molecule has 3 aliphatic rings. The van der Waals surface area contributed by atoms with Crippen LogP contribution in [0.4, 0.5) is 0 Å². The Morgan fingerprint density at radius 1 is 1.12 bits per heavy atom. The lowest BCUT2D eigenvalue weighted by molar-refractivity contribution is -0.161. The molecular formula is C24H31N3O5. The minimum absolute atomic E-state index is 0.0215. The summed E-state index contributed by atoms with van der Waals surface area (Å²) in [5.41, 5.74) is 0.150. The van der Waals surface area contributed by atoms with Crippen molar-refractivity contribution in [3.8, 4) is 0 Å². The van der Waals surface area contributed by atoms with Gasteiger partial charge in [0.25, 0.3) is 0 Å². The van der Waals surface area contributed by atoms with Crippen LogP contribution >= 0.6 is 0 Å². The molecule has 0 radical (unpaired) electrons. The molecule has 0 N–H and O–H groups in total. The summed E-state index contributed by atoms with van der Waals surface area (Å²) in [5, 5.41) is 0. The van der Waals surface area contributed by atoms with E-state index in [1.807, 2.05) is 30.3 Å². The summed E-state index contributed by atoms with van der Waals surface area (Å²) < 4.78 is 4.92. The fraction of sp³-hybridized carbons (Fsp3) is 0.583. The van der Waals surface area contributed by atoms with Crippen molar-refractivity contribution in [1.29, 1.82) is 0 Å². The van der Waals surface area contributed by atoms with E-state index in [0.717, 1.165) is 12.0 Å². The molecule has 3 fully saturated rings. The van der Waals surface area contributed by atoms with Gasteiger partial charge in [0.15, 0.2) is 0 Å². The molecule has 1 aliphatic carbocycles. The van der Waals surface area contributed by atoms with Crippen molar-refractivity contribution in [1.82, 2.24) is 14.7 Å². The number of benzene rings is 1.